The van der Waals surface area contributed by atoms with Gasteiger partial charge in [-0.05, 0) is 115 Å². The number of amides is 1. The van der Waals surface area contributed by atoms with Crippen molar-refractivity contribution in [2.24, 2.45) is 5.84 Å². The van der Waals surface area contributed by atoms with E-state index in [4.69, 9.17) is 10.6 Å². The number of fused-ring (bicyclic) bond motifs is 3. The third-order valence-electron chi connectivity index (χ3n) is 10.6. The molecule has 0 bridgehead atoms. The zero-order valence-corrected chi connectivity index (χ0v) is 30.5. The van der Waals surface area contributed by atoms with E-state index in [1.54, 1.807) is 12.1 Å². The zero-order chi connectivity index (χ0) is 36.3. The van der Waals surface area contributed by atoms with Crippen LogP contribution in [0.5, 0.6) is 5.75 Å². The minimum atomic E-state index is -0.916. The Morgan fingerprint density at radius 1 is 0.808 bits per heavy atom. The number of hydrogen-bond acceptors (Lipinski definition) is 4. The van der Waals surface area contributed by atoms with Crippen molar-refractivity contribution in [2.75, 3.05) is 6.61 Å². The summed E-state index contributed by atoms with van der Waals surface area (Å²) in [5.41, 5.74) is 12.6. The molecule has 0 spiro atoms. The molecule has 1 atom stereocenters. The highest BCUT2D eigenvalue weighted by molar-refractivity contribution is 5.96. The predicted molar refractivity (Wildman–Crippen MR) is 209 cm³/mol. The molecule has 6 rings (SSSR count). The van der Waals surface area contributed by atoms with Crippen molar-refractivity contribution in [1.82, 2.24) is 9.99 Å². The first-order chi connectivity index (χ1) is 25.4. The lowest BCUT2D eigenvalue weighted by atomic mass is 9.84. The van der Waals surface area contributed by atoms with Gasteiger partial charge in [-0.1, -0.05) is 99.3 Å². The van der Waals surface area contributed by atoms with E-state index in [1.165, 1.54) is 59.1 Å². The summed E-state index contributed by atoms with van der Waals surface area (Å²) < 4.78 is 8.98. The van der Waals surface area contributed by atoms with Gasteiger partial charge in [-0.15, -0.1) is 0 Å². The van der Waals surface area contributed by atoms with Crippen molar-refractivity contribution >= 4 is 22.8 Å². The van der Waals surface area contributed by atoms with Crippen molar-refractivity contribution in [3.8, 4) is 5.75 Å². The number of benzene rings is 4. The normalized spacial score (nSPS) is 13.9. The number of aromatic nitrogens is 1. The van der Waals surface area contributed by atoms with Gasteiger partial charge in [0, 0.05) is 17.6 Å². The number of rotatable bonds is 18. The highest BCUT2D eigenvalue weighted by atomic mass is 16.5. The first-order valence-corrected chi connectivity index (χ1v) is 19.2. The molecule has 52 heavy (non-hydrogen) atoms. The van der Waals surface area contributed by atoms with Gasteiger partial charge in [-0.25, -0.2) is 10.6 Å². The Bertz CT molecular complexity index is 1950. The Kier molecular flexibility index (Phi) is 12.8. The van der Waals surface area contributed by atoms with E-state index in [1.807, 2.05) is 12.1 Å². The van der Waals surface area contributed by atoms with Gasteiger partial charge in [0.25, 0.3) is 0 Å². The molecule has 0 radical (unpaired) electrons. The maximum Gasteiger partial charge on any atom is 0.335 e. The molecular formula is C45H53N3O4. The molecule has 0 saturated heterocycles. The van der Waals surface area contributed by atoms with Crippen LogP contribution >= 0.6 is 0 Å². The molecule has 272 valence electrons. The van der Waals surface area contributed by atoms with Crippen molar-refractivity contribution in [1.29, 1.82) is 0 Å². The summed E-state index contributed by atoms with van der Waals surface area (Å²) in [5.74, 6) is 5.25. The third-order valence-corrected chi connectivity index (χ3v) is 10.6. The van der Waals surface area contributed by atoms with Crippen LogP contribution in [0.4, 0.5) is 0 Å². The van der Waals surface area contributed by atoms with Crippen molar-refractivity contribution < 1.29 is 19.4 Å². The number of unbranched alkanes of at least 4 members (excludes halogenated alkanes) is 4. The number of carboxylic acid groups (broad SMARTS) is 1. The Labute approximate surface area is 308 Å². The lowest BCUT2D eigenvalue weighted by molar-refractivity contribution is -0.122. The smallest absolute Gasteiger partial charge is 0.335 e. The van der Waals surface area contributed by atoms with Crippen LogP contribution in [0.2, 0.25) is 0 Å². The highest BCUT2D eigenvalue weighted by Gasteiger charge is 2.33. The standard InChI is InChI=1S/C45H53N3O4/c1-2-3-4-5-9-18-37-29-38(52-27-12-17-33-23-25-36(26-24-33)45(50)51)30-40-42-39(44(49)47-46)19-11-20-41(42)48(43(37)40)31-35-16-10-15-34(28-35)22-21-32-13-7-6-8-14-32/h6-8,10,13-16,23-26,28-30,39H,2-5,9,11-12,17-22,27,31,46H2,1H3,(H,47,49)(H,50,51). The monoisotopic (exact) mass is 699 g/mol. The number of ether oxygens (including phenoxy) is 1. The Morgan fingerprint density at radius 2 is 1.54 bits per heavy atom. The molecule has 0 saturated carbocycles. The molecule has 7 heteroatoms. The molecule has 1 aliphatic rings. The molecule has 1 unspecified atom stereocenters. The molecule has 1 amide bonds. The molecule has 1 heterocycles. The fourth-order valence-corrected chi connectivity index (χ4v) is 7.91. The topological polar surface area (TPSA) is 107 Å². The Morgan fingerprint density at radius 3 is 2.31 bits per heavy atom. The van der Waals surface area contributed by atoms with E-state index in [0.717, 1.165) is 86.6 Å². The van der Waals surface area contributed by atoms with Gasteiger partial charge in [0.1, 0.15) is 5.75 Å². The second-order valence-corrected chi connectivity index (χ2v) is 14.3. The quantitative estimate of drug-likeness (QED) is 0.0366. The van der Waals surface area contributed by atoms with Crippen molar-refractivity contribution in [3.05, 3.63) is 136 Å². The number of aryl methyl sites for hydroxylation is 4. The van der Waals surface area contributed by atoms with Gasteiger partial charge < -0.3 is 14.4 Å². The third kappa shape index (κ3) is 9.12. The molecule has 0 fully saturated rings. The molecule has 1 aromatic heterocycles. The van der Waals surface area contributed by atoms with Crippen LogP contribution in [0.15, 0.2) is 91.0 Å². The van der Waals surface area contributed by atoms with Gasteiger partial charge >= 0.3 is 5.97 Å². The summed E-state index contributed by atoms with van der Waals surface area (Å²) >= 11 is 0. The fourth-order valence-electron chi connectivity index (χ4n) is 7.91. The summed E-state index contributed by atoms with van der Waals surface area (Å²) in [6, 6.07) is 31.1. The fraction of sp³-hybridized carbons (Fsp3) is 0.378. The zero-order valence-electron chi connectivity index (χ0n) is 30.5. The molecule has 5 aromatic rings. The largest absolute Gasteiger partial charge is 0.494 e. The molecule has 0 aliphatic heterocycles. The van der Waals surface area contributed by atoms with Crippen molar-refractivity contribution in [2.45, 2.75) is 103 Å². The van der Waals surface area contributed by atoms with Gasteiger partial charge in [0.15, 0.2) is 0 Å². The Hall–Kier alpha value is -4.88. The molecule has 4 aromatic carbocycles. The first kappa shape index (κ1) is 36.9. The van der Waals surface area contributed by atoms with Crippen LogP contribution in [0.1, 0.15) is 114 Å². The summed E-state index contributed by atoms with van der Waals surface area (Å²) in [4.78, 5) is 24.6. The summed E-state index contributed by atoms with van der Waals surface area (Å²) in [6.07, 6.45) is 13.1. The van der Waals surface area contributed by atoms with Crippen LogP contribution in [-0.2, 0) is 43.4 Å². The van der Waals surface area contributed by atoms with Crippen LogP contribution in [0, 0.1) is 0 Å². The molecule has 4 N–H and O–H groups in total. The van der Waals surface area contributed by atoms with E-state index < -0.39 is 5.97 Å². The molecular weight excluding hydrogens is 647 g/mol. The minimum absolute atomic E-state index is 0.135. The van der Waals surface area contributed by atoms with E-state index in [0.29, 0.717) is 12.2 Å². The first-order valence-electron chi connectivity index (χ1n) is 19.2. The van der Waals surface area contributed by atoms with Crippen LogP contribution in [0.25, 0.3) is 10.9 Å². The average molecular weight is 700 g/mol. The SMILES string of the molecule is CCCCCCCc1cc(OCCCc2ccc(C(=O)O)cc2)cc2c3c(n(Cc4cccc(CCc5ccccc5)c4)c12)CCCC3C(=O)NN. The maximum absolute atomic E-state index is 13.3. The highest BCUT2D eigenvalue weighted by Crippen LogP contribution is 2.43. The van der Waals surface area contributed by atoms with Crippen molar-refractivity contribution in [3.63, 3.8) is 0 Å². The number of carbonyl (C=O) groups is 2. The minimum Gasteiger partial charge on any atom is -0.494 e. The number of hydrogen-bond donors (Lipinski definition) is 3. The number of aromatic carboxylic acids is 1. The van der Waals surface area contributed by atoms with E-state index in [2.05, 4.69) is 83.6 Å². The summed E-state index contributed by atoms with van der Waals surface area (Å²) in [7, 11) is 0. The Balaban J connectivity index is 1.32. The lowest BCUT2D eigenvalue weighted by Crippen LogP contribution is -2.36. The molecule has 1 aliphatic carbocycles. The van der Waals surface area contributed by atoms with Gasteiger partial charge in [-0.3, -0.25) is 10.2 Å². The van der Waals surface area contributed by atoms with Crippen LogP contribution in [0.3, 0.4) is 0 Å². The van der Waals surface area contributed by atoms with E-state index in [9.17, 15) is 14.7 Å². The van der Waals surface area contributed by atoms with Gasteiger partial charge in [0.2, 0.25) is 5.91 Å². The number of nitrogens with two attached hydrogens (primary N) is 1. The number of hydrazine groups is 1. The predicted octanol–water partition coefficient (Wildman–Crippen LogP) is 9.11. The molecule has 7 nitrogen and oxygen atoms in total. The average Bonchev–Trinajstić information content (AvgIpc) is 3.49. The van der Waals surface area contributed by atoms with Crippen LogP contribution in [-0.4, -0.2) is 28.2 Å². The number of carbonyl (C=O) groups excluding carboxylic acids is 1. The second kappa shape index (κ2) is 18.1. The van der Waals surface area contributed by atoms with E-state index in [-0.39, 0.29) is 11.8 Å². The van der Waals surface area contributed by atoms with Gasteiger partial charge in [0.05, 0.1) is 23.6 Å². The van der Waals surface area contributed by atoms with E-state index >= 15 is 0 Å². The lowest BCUT2D eigenvalue weighted by Gasteiger charge is -2.23. The van der Waals surface area contributed by atoms with Crippen LogP contribution < -0.4 is 16.0 Å². The number of nitrogens with zero attached hydrogens (tertiary/aromatic N) is 1. The summed E-state index contributed by atoms with van der Waals surface area (Å²) in [6.45, 7) is 3.52. The van der Waals surface area contributed by atoms with Gasteiger partial charge in [-0.2, -0.15) is 0 Å². The second-order valence-electron chi connectivity index (χ2n) is 14.3. The maximum atomic E-state index is 13.3. The summed E-state index contributed by atoms with van der Waals surface area (Å²) in [5, 5.41) is 10.3. The number of nitrogens with one attached hydrogen (secondary N) is 1. The number of carboxylic acids is 1.